The average Bonchev–Trinajstić information content (AvgIpc) is 2.46. The summed E-state index contributed by atoms with van der Waals surface area (Å²) in [6.07, 6.45) is 0. The van der Waals surface area contributed by atoms with Crippen LogP contribution in [0.3, 0.4) is 0 Å². The second-order valence-electron chi connectivity index (χ2n) is 4.31. The summed E-state index contributed by atoms with van der Waals surface area (Å²) in [5.41, 5.74) is -0.508. The Labute approximate surface area is 122 Å². The van der Waals surface area contributed by atoms with Crippen LogP contribution in [0.15, 0.2) is 17.0 Å². The third-order valence-corrected chi connectivity index (χ3v) is 5.22. The molecule has 0 radical (unpaired) electrons. The maximum absolute atomic E-state index is 12.5. The summed E-state index contributed by atoms with van der Waals surface area (Å²) in [5.74, 6) is 0.393. The van der Waals surface area contributed by atoms with Gasteiger partial charge in [-0.2, -0.15) is 4.31 Å². The Morgan fingerprint density at radius 2 is 1.71 bits per heavy atom. The fourth-order valence-corrected chi connectivity index (χ4v) is 3.72. The molecule has 0 saturated heterocycles. The van der Waals surface area contributed by atoms with E-state index < -0.39 is 20.6 Å². The summed E-state index contributed by atoms with van der Waals surface area (Å²) >= 11 is 0. The molecule has 1 aromatic carbocycles. The standard InChI is InChI=1S/C12H16N2O6S/c1-3-13(4-2)21(17,18)12-8-11-10(19-5-6-20-11)7-9(12)14(15)16/h7-8H,3-6H2,1-2H3. The minimum absolute atomic E-state index is 0.187. The largest absolute Gasteiger partial charge is 0.486 e. The lowest BCUT2D eigenvalue weighted by Gasteiger charge is -2.21. The summed E-state index contributed by atoms with van der Waals surface area (Å²) in [6, 6.07) is 2.27. The van der Waals surface area contributed by atoms with Crippen LogP contribution in [0.4, 0.5) is 5.69 Å². The van der Waals surface area contributed by atoms with Crippen molar-refractivity contribution in [1.82, 2.24) is 4.31 Å². The molecule has 0 amide bonds. The number of sulfonamides is 1. The highest BCUT2D eigenvalue weighted by atomic mass is 32.2. The van der Waals surface area contributed by atoms with Crippen LogP contribution >= 0.6 is 0 Å². The molecule has 0 saturated carbocycles. The number of ether oxygens (including phenoxy) is 2. The van der Waals surface area contributed by atoms with Gasteiger partial charge in [-0.15, -0.1) is 0 Å². The van der Waals surface area contributed by atoms with Gasteiger partial charge in [0.15, 0.2) is 16.4 Å². The van der Waals surface area contributed by atoms with E-state index in [9.17, 15) is 18.5 Å². The number of nitro groups is 1. The van der Waals surface area contributed by atoms with Crippen molar-refractivity contribution in [2.75, 3.05) is 26.3 Å². The summed E-state index contributed by atoms with van der Waals surface area (Å²) in [7, 11) is -3.95. The highest BCUT2D eigenvalue weighted by molar-refractivity contribution is 7.89. The molecule has 116 valence electrons. The summed E-state index contributed by atoms with van der Waals surface area (Å²) in [4.78, 5) is 10.1. The van der Waals surface area contributed by atoms with Crippen molar-refractivity contribution in [3.8, 4) is 11.5 Å². The van der Waals surface area contributed by atoms with Gasteiger partial charge in [-0.05, 0) is 0 Å². The van der Waals surface area contributed by atoms with E-state index >= 15 is 0 Å². The van der Waals surface area contributed by atoms with Gasteiger partial charge < -0.3 is 9.47 Å². The molecule has 2 rings (SSSR count). The van der Waals surface area contributed by atoms with Crippen LogP contribution < -0.4 is 9.47 Å². The molecule has 21 heavy (non-hydrogen) atoms. The van der Waals surface area contributed by atoms with E-state index in [-0.39, 0.29) is 42.7 Å². The molecule has 0 spiro atoms. The maximum Gasteiger partial charge on any atom is 0.293 e. The monoisotopic (exact) mass is 316 g/mol. The topological polar surface area (TPSA) is 99.0 Å². The average molecular weight is 316 g/mol. The predicted molar refractivity (Wildman–Crippen MR) is 74.2 cm³/mol. The molecule has 0 unspecified atom stereocenters. The van der Waals surface area contributed by atoms with Crippen LogP contribution in [0.1, 0.15) is 13.8 Å². The van der Waals surface area contributed by atoms with Crippen molar-refractivity contribution >= 4 is 15.7 Å². The van der Waals surface area contributed by atoms with Crippen LogP contribution in [0, 0.1) is 10.1 Å². The second kappa shape index (κ2) is 5.86. The number of hydrogen-bond donors (Lipinski definition) is 0. The van der Waals surface area contributed by atoms with Crippen molar-refractivity contribution in [2.45, 2.75) is 18.7 Å². The molecule has 8 nitrogen and oxygen atoms in total. The van der Waals surface area contributed by atoms with E-state index in [0.29, 0.717) is 0 Å². The van der Waals surface area contributed by atoms with Gasteiger partial charge in [0.1, 0.15) is 13.2 Å². The Bertz CT molecular complexity index is 654. The molecule has 1 aliphatic heterocycles. The van der Waals surface area contributed by atoms with Gasteiger partial charge in [-0.1, -0.05) is 13.8 Å². The SMILES string of the molecule is CCN(CC)S(=O)(=O)c1cc2c(cc1[N+](=O)[O-])OCCO2. The molecule has 1 heterocycles. The first-order chi connectivity index (χ1) is 9.91. The molecule has 0 aliphatic carbocycles. The molecule has 0 N–H and O–H groups in total. The highest BCUT2D eigenvalue weighted by Gasteiger charge is 2.33. The van der Waals surface area contributed by atoms with E-state index in [0.717, 1.165) is 10.4 Å². The lowest BCUT2D eigenvalue weighted by atomic mass is 10.2. The molecule has 0 atom stereocenters. The smallest absolute Gasteiger partial charge is 0.293 e. The van der Waals surface area contributed by atoms with E-state index in [2.05, 4.69) is 0 Å². The third-order valence-electron chi connectivity index (χ3n) is 3.14. The second-order valence-corrected chi connectivity index (χ2v) is 6.22. The van der Waals surface area contributed by atoms with Crippen LogP contribution in [-0.2, 0) is 10.0 Å². The summed E-state index contributed by atoms with van der Waals surface area (Å²) < 4.78 is 36.8. The molecule has 1 aliphatic rings. The first-order valence-corrected chi connectivity index (χ1v) is 7.94. The molecular formula is C12H16N2O6S. The zero-order valence-electron chi connectivity index (χ0n) is 11.7. The van der Waals surface area contributed by atoms with Gasteiger partial charge >= 0.3 is 0 Å². The van der Waals surface area contributed by atoms with E-state index in [1.54, 1.807) is 13.8 Å². The lowest BCUT2D eigenvalue weighted by Crippen LogP contribution is -2.31. The summed E-state index contributed by atoms with van der Waals surface area (Å²) in [6.45, 7) is 4.34. The van der Waals surface area contributed by atoms with Gasteiger partial charge in [0, 0.05) is 19.2 Å². The van der Waals surface area contributed by atoms with Crippen molar-refractivity contribution < 1.29 is 22.8 Å². The zero-order chi connectivity index (χ0) is 15.6. The van der Waals surface area contributed by atoms with Gasteiger partial charge in [-0.3, -0.25) is 10.1 Å². The number of benzene rings is 1. The van der Waals surface area contributed by atoms with E-state index in [1.807, 2.05) is 0 Å². The van der Waals surface area contributed by atoms with E-state index in [1.165, 1.54) is 6.07 Å². The highest BCUT2D eigenvalue weighted by Crippen LogP contribution is 2.39. The number of rotatable bonds is 5. The molecular weight excluding hydrogens is 300 g/mol. The maximum atomic E-state index is 12.5. The van der Waals surface area contributed by atoms with Gasteiger partial charge in [0.25, 0.3) is 5.69 Å². The van der Waals surface area contributed by atoms with Gasteiger partial charge in [-0.25, -0.2) is 8.42 Å². The van der Waals surface area contributed by atoms with Gasteiger partial charge in [0.05, 0.1) is 11.0 Å². The molecule has 0 bridgehead atoms. The van der Waals surface area contributed by atoms with Crippen LogP contribution in [0.2, 0.25) is 0 Å². The van der Waals surface area contributed by atoms with Crippen LogP contribution in [-0.4, -0.2) is 43.9 Å². The Morgan fingerprint density at radius 3 is 2.19 bits per heavy atom. The number of fused-ring (bicyclic) bond motifs is 1. The third kappa shape index (κ3) is 2.79. The molecule has 0 fully saturated rings. The first-order valence-electron chi connectivity index (χ1n) is 6.50. The number of hydrogen-bond acceptors (Lipinski definition) is 6. The predicted octanol–water partition coefficient (Wildman–Crippen LogP) is 1.40. The van der Waals surface area contributed by atoms with Crippen molar-refractivity contribution in [3.63, 3.8) is 0 Å². The van der Waals surface area contributed by atoms with Gasteiger partial charge in [0.2, 0.25) is 10.0 Å². The Kier molecular flexibility index (Phi) is 4.33. The minimum atomic E-state index is -3.95. The fraction of sp³-hybridized carbons (Fsp3) is 0.500. The Balaban J connectivity index is 2.64. The zero-order valence-corrected chi connectivity index (χ0v) is 12.6. The molecule has 9 heteroatoms. The Hall–Kier alpha value is -1.87. The minimum Gasteiger partial charge on any atom is -0.486 e. The molecule has 0 aromatic heterocycles. The lowest BCUT2D eigenvalue weighted by molar-refractivity contribution is -0.388. The molecule has 1 aromatic rings. The van der Waals surface area contributed by atoms with E-state index in [4.69, 9.17) is 9.47 Å². The van der Waals surface area contributed by atoms with Crippen molar-refractivity contribution in [3.05, 3.63) is 22.2 Å². The van der Waals surface area contributed by atoms with Crippen LogP contribution in [0.5, 0.6) is 11.5 Å². The van der Waals surface area contributed by atoms with Crippen molar-refractivity contribution in [2.24, 2.45) is 0 Å². The number of nitro benzene ring substituents is 1. The number of nitrogens with zero attached hydrogens (tertiary/aromatic N) is 2. The normalized spacial score (nSPS) is 14.2. The fourth-order valence-electron chi connectivity index (χ4n) is 2.11. The Morgan fingerprint density at radius 1 is 1.19 bits per heavy atom. The first kappa shape index (κ1) is 15.5. The summed E-state index contributed by atoms with van der Waals surface area (Å²) in [5, 5.41) is 11.2. The quantitative estimate of drug-likeness (QED) is 0.601. The van der Waals surface area contributed by atoms with Crippen LogP contribution in [0.25, 0.3) is 0 Å². The van der Waals surface area contributed by atoms with Crippen molar-refractivity contribution in [1.29, 1.82) is 0 Å².